The van der Waals surface area contributed by atoms with Crippen molar-refractivity contribution in [3.05, 3.63) is 0 Å². The Labute approximate surface area is 125 Å². The Kier molecular flexibility index (Phi) is 13.7. The summed E-state index contributed by atoms with van der Waals surface area (Å²) in [4.78, 5) is 0. The van der Waals surface area contributed by atoms with Gasteiger partial charge in [0.05, 0.1) is 18.8 Å². The van der Waals surface area contributed by atoms with Crippen LogP contribution in [-0.4, -0.2) is 31.8 Å². The van der Waals surface area contributed by atoms with E-state index >= 15 is 0 Å². The molecule has 0 aliphatic carbocycles. The maximum atomic E-state index is 10.5. The zero-order valence-electron chi connectivity index (χ0n) is 13.1. The maximum Gasteiger partial charge on any atom is 0.265 e. The average molecular weight is 309 g/mol. The van der Waals surface area contributed by atoms with Crippen LogP contribution < -0.4 is 5.32 Å². The monoisotopic (exact) mass is 308 g/mol. The van der Waals surface area contributed by atoms with E-state index in [4.69, 9.17) is 4.55 Å². The first-order valence-corrected chi connectivity index (χ1v) is 9.94. The minimum atomic E-state index is -3.76. The fraction of sp³-hybridized carbons (Fsp3) is 1.00. The van der Waals surface area contributed by atoms with Gasteiger partial charge < -0.3 is 5.32 Å². The third-order valence-electron chi connectivity index (χ3n) is 3.57. The van der Waals surface area contributed by atoms with E-state index < -0.39 is 10.1 Å². The molecule has 0 radical (unpaired) electrons. The minimum Gasteiger partial charge on any atom is -0.346 e. The Balaban J connectivity index is 3.03. The molecule has 0 amide bonds. The van der Waals surface area contributed by atoms with Gasteiger partial charge in [-0.25, -0.2) is 0 Å². The minimum absolute atomic E-state index is 0.110. The molecule has 0 aliphatic rings. The van der Waals surface area contributed by atoms with Crippen LogP contribution in [0.4, 0.5) is 0 Å². The lowest BCUT2D eigenvalue weighted by Crippen LogP contribution is -2.84. The van der Waals surface area contributed by atoms with Crippen molar-refractivity contribution in [1.29, 1.82) is 0 Å². The number of hydrogen-bond donors (Lipinski definition) is 2. The van der Waals surface area contributed by atoms with Crippen molar-refractivity contribution in [1.82, 2.24) is 0 Å². The highest BCUT2D eigenvalue weighted by Crippen LogP contribution is 2.09. The van der Waals surface area contributed by atoms with Gasteiger partial charge in [0.1, 0.15) is 0 Å². The van der Waals surface area contributed by atoms with Crippen LogP contribution in [0.5, 0.6) is 0 Å². The van der Waals surface area contributed by atoms with Crippen molar-refractivity contribution in [3.63, 3.8) is 0 Å². The van der Waals surface area contributed by atoms with E-state index in [0.29, 0.717) is 6.42 Å². The number of nitrogens with two attached hydrogens (primary N) is 1. The first kappa shape index (κ1) is 19.9. The maximum absolute atomic E-state index is 10.5. The predicted octanol–water partition coefficient (Wildman–Crippen LogP) is 2.75. The summed E-state index contributed by atoms with van der Waals surface area (Å²) in [6, 6.07) is 0. The first-order chi connectivity index (χ1) is 9.56. The van der Waals surface area contributed by atoms with Gasteiger partial charge in [0, 0.05) is 6.42 Å². The molecule has 0 bridgehead atoms. The third kappa shape index (κ3) is 17.9. The van der Waals surface area contributed by atoms with Gasteiger partial charge in [0.25, 0.3) is 10.1 Å². The quantitative estimate of drug-likeness (QED) is 0.361. The second kappa shape index (κ2) is 13.8. The van der Waals surface area contributed by atoms with Gasteiger partial charge in [0.15, 0.2) is 0 Å². The molecule has 0 spiro atoms. The van der Waals surface area contributed by atoms with E-state index in [2.05, 4.69) is 12.2 Å². The van der Waals surface area contributed by atoms with Crippen molar-refractivity contribution >= 4 is 10.1 Å². The zero-order chi connectivity index (χ0) is 15.1. The molecule has 0 saturated carbocycles. The normalized spacial score (nSPS) is 11.9. The Morgan fingerprint density at radius 1 is 0.750 bits per heavy atom. The van der Waals surface area contributed by atoms with Crippen LogP contribution >= 0.6 is 0 Å². The zero-order valence-corrected chi connectivity index (χ0v) is 14.0. The second-order valence-electron chi connectivity index (χ2n) is 5.69. The standard InChI is InChI=1S/C15H33NO3S/c1-2-3-4-5-6-7-8-9-10-11-13-16-14-12-15-20(17,18)19/h16H,2-15H2,1H3,(H,17,18,19)/p+1. The lowest BCUT2D eigenvalue weighted by Gasteiger charge is -2.03. The molecule has 20 heavy (non-hydrogen) atoms. The molecule has 0 unspecified atom stereocenters. The molecule has 0 fully saturated rings. The van der Waals surface area contributed by atoms with Crippen molar-refractivity contribution in [2.24, 2.45) is 0 Å². The highest BCUT2D eigenvalue weighted by atomic mass is 32.2. The van der Waals surface area contributed by atoms with Crippen LogP contribution in [0.15, 0.2) is 0 Å². The SMILES string of the molecule is CCCCCCCCCCCC[NH2+]CCCS(=O)(=O)O. The van der Waals surface area contributed by atoms with Gasteiger partial charge in [-0.2, -0.15) is 8.42 Å². The molecule has 0 atom stereocenters. The average Bonchev–Trinajstić information content (AvgIpc) is 2.38. The summed E-state index contributed by atoms with van der Waals surface area (Å²) < 4.78 is 29.6. The van der Waals surface area contributed by atoms with Crippen LogP contribution in [0.1, 0.15) is 77.6 Å². The van der Waals surface area contributed by atoms with Gasteiger partial charge >= 0.3 is 0 Å². The first-order valence-electron chi connectivity index (χ1n) is 8.33. The summed E-state index contributed by atoms with van der Waals surface area (Å²) >= 11 is 0. The molecule has 0 heterocycles. The summed E-state index contributed by atoms with van der Waals surface area (Å²) in [5.41, 5.74) is 0. The molecule has 0 rings (SSSR count). The van der Waals surface area contributed by atoms with Gasteiger partial charge in [-0.15, -0.1) is 0 Å². The molecule has 0 aliphatic heterocycles. The molecule has 0 saturated heterocycles. The molecule has 122 valence electrons. The Bertz CT molecular complexity index is 291. The summed E-state index contributed by atoms with van der Waals surface area (Å²) in [7, 11) is -3.76. The summed E-state index contributed by atoms with van der Waals surface area (Å²) in [5.74, 6) is -0.110. The molecule has 0 aromatic heterocycles. The van der Waals surface area contributed by atoms with Gasteiger partial charge in [0.2, 0.25) is 0 Å². The molecular weight excluding hydrogens is 274 g/mol. The largest absolute Gasteiger partial charge is 0.346 e. The van der Waals surface area contributed by atoms with E-state index in [1.807, 2.05) is 0 Å². The van der Waals surface area contributed by atoms with E-state index in [-0.39, 0.29) is 5.75 Å². The Morgan fingerprint density at radius 2 is 1.20 bits per heavy atom. The van der Waals surface area contributed by atoms with Crippen LogP contribution in [0.25, 0.3) is 0 Å². The van der Waals surface area contributed by atoms with Crippen molar-refractivity contribution in [2.75, 3.05) is 18.8 Å². The lowest BCUT2D eigenvalue weighted by molar-refractivity contribution is -0.654. The summed E-state index contributed by atoms with van der Waals surface area (Å²) in [6.45, 7) is 4.11. The summed E-state index contributed by atoms with van der Waals surface area (Å²) in [5, 5.41) is 2.15. The van der Waals surface area contributed by atoms with Crippen LogP contribution in [0, 0.1) is 0 Å². The highest BCUT2D eigenvalue weighted by Gasteiger charge is 2.03. The highest BCUT2D eigenvalue weighted by molar-refractivity contribution is 7.85. The molecule has 4 nitrogen and oxygen atoms in total. The Morgan fingerprint density at radius 3 is 1.70 bits per heavy atom. The number of quaternary nitrogens is 1. The topological polar surface area (TPSA) is 71.0 Å². The molecule has 0 aromatic rings. The van der Waals surface area contributed by atoms with E-state index in [9.17, 15) is 8.42 Å². The van der Waals surface area contributed by atoms with Crippen molar-refractivity contribution in [2.45, 2.75) is 77.6 Å². The Hall–Kier alpha value is -0.130. The molecule has 3 N–H and O–H groups in total. The lowest BCUT2D eigenvalue weighted by atomic mass is 10.1. The fourth-order valence-electron chi connectivity index (χ4n) is 2.33. The van der Waals surface area contributed by atoms with Gasteiger partial charge in [-0.1, -0.05) is 58.3 Å². The third-order valence-corrected chi connectivity index (χ3v) is 4.38. The summed E-state index contributed by atoms with van der Waals surface area (Å²) in [6.07, 6.45) is 14.0. The van der Waals surface area contributed by atoms with Crippen molar-refractivity contribution < 1.29 is 18.3 Å². The molecule has 0 aromatic carbocycles. The number of hydrogen-bond acceptors (Lipinski definition) is 2. The molecular formula is C15H34NO3S+. The van der Waals surface area contributed by atoms with Crippen molar-refractivity contribution in [3.8, 4) is 0 Å². The van der Waals surface area contributed by atoms with Gasteiger partial charge in [-0.3, -0.25) is 4.55 Å². The van der Waals surface area contributed by atoms with E-state index in [0.717, 1.165) is 13.1 Å². The smallest absolute Gasteiger partial charge is 0.265 e. The van der Waals surface area contributed by atoms with Crippen LogP contribution in [0.2, 0.25) is 0 Å². The number of rotatable bonds is 15. The predicted molar refractivity (Wildman–Crippen MR) is 84.5 cm³/mol. The van der Waals surface area contributed by atoms with Gasteiger partial charge in [-0.05, 0) is 12.8 Å². The van der Waals surface area contributed by atoms with Crippen LogP contribution in [-0.2, 0) is 10.1 Å². The molecule has 5 heteroatoms. The second-order valence-corrected chi connectivity index (χ2v) is 7.26. The number of unbranched alkanes of at least 4 members (excludes halogenated alkanes) is 9. The van der Waals surface area contributed by atoms with E-state index in [1.54, 1.807) is 0 Å². The van der Waals surface area contributed by atoms with E-state index in [1.165, 1.54) is 64.2 Å². The fourth-order valence-corrected chi connectivity index (χ4v) is 2.86. The van der Waals surface area contributed by atoms with Crippen LogP contribution in [0.3, 0.4) is 0 Å².